The minimum atomic E-state index is -0.968. The van der Waals surface area contributed by atoms with Crippen LogP contribution in [0.5, 0.6) is 11.6 Å². The maximum Gasteiger partial charge on any atom is 0.313 e. The Labute approximate surface area is 108 Å². The second-order valence-electron chi connectivity index (χ2n) is 3.93. The monoisotopic (exact) mass is 260 g/mol. The van der Waals surface area contributed by atoms with Crippen LogP contribution in [-0.2, 0) is 18.3 Å². The highest BCUT2D eigenvalue weighted by atomic mass is 16.5. The lowest BCUT2D eigenvalue weighted by Crippen LogP contribution is -2.18. The fraction of sp³-hybridized carbons (Fsp3) is 0.154. The summed E-state index contributed by atoms with van der Waals surface area (Å²) in [6.07, 6.45) is 2.78. The molecule has 19 heavy (non-hydrogen) atoms. The molecule has 0 amide bonds. The Morgan fingerprint density at radius 1 is 1.42 bits per heavy atom. The number of benzene rings is 1. The normalized spacial score (nSPS) is 10.2. The fourth-order valence-electron chi connectivity index (χ4n) is 1.56. The summed E-state index contributed by atoms with van der Waals surface area (Å²) >= 11 is 0. The highest BCUT2D eigenvalue weighted by Crippen LogP contribution is 2.22. The number of hydrogen-bond donors (Lipinski definition) is 1. The highest BCUT2D eigenvalue weighted by Gasteiger charge is 2.11. The summed E-state index contributed by atoms with van der Waals surface area (Å²) in [7, 11) is 1.58. The van der Waals surface area contributed by atoms with Crippen molar-refractivity contribution in [3.8, 4) is 11.6 Å². The van der Waals surface area contributed by atoms with Gasteiger partial charge in [-0.25, -0.2) is 4.98 Å². The zero-order valence-electron chi connectivity index (χ0n) is 10.2. The van der Waals surface area contributed by atoms with Gasteiger partial charge in [-0.1, -0.05) is 18.2 Å². The standard InChI is InChI=1S/C13H12N2O4/c1-15-7-6-14-12(13(15)18)19-10-5-3-2-4-9(10)8-11(16)17/h2-7H,8H2,1H3,(H,16,17). The topological polar surface area (TPSA) is 81.4 Å². The van der Waals surface area contributed by atoms with Crippen molar-refractivity contribution in [2.45, 2.75) is 6.42 Å². The SMILES string of the molecule is Cn1ccnc(Oc2ccccc2CC(=O)O)c1=O. The predicted octanol–water partition coefficient (Wildman–Crippen LogP) is 1.20. The van der Waals surface area contributed by atoms with Crippen molar-refractivity contribution in [2.24, 2.45) is 7.05 Å². The summed E-state index contributed by atoms with van der Waals surface area (Å²) in [6, 6.07) is 6.65. The lowest BCUT2D eigenvalue weighted by molar-refractivity contribution is -0.136. The van der Waals surface area contributed by atoms with Crippen LogP contribution in [0.25, 0.3) is 0 Å². The van der Waals surface area contributed by atoms with Crippen LogP contribution in [0.1, 0.15) is 5.56 Å². The van der Waals surface area contributed by atoms with Crippen molar-refractivity contribution in [3.05, 3.63) is 52.6 Å². The molecule has 0 saturated carbocycles. The number of carbonyl (C=O) groups is 1. The summed E-state index contributed by atoms with van der Waals surface area (Å²) in [5.41, 5.74) is 0.107. The molecule has 0 spiro atoms. The van der Waals surface area contributed by atoms with Crippen molar-refractivity contribution < 1.29 is 14.6 Å². The smallest absolute Gasteiger partial charge is 0.313 e. The zero-order chi connectivity index (χ0) is 13.8. The van der Waals surface area contributed by atoms with E-state index in [1.165, 1.54) is 17.0 Å². The van der Waals surface area contributed by atoms with Crippen LogP contribution in [0.2, 0.25) is 0 Å². The number of carboxylic acids is 1. The third-order valence-corrected chi connectivity index (χ3v) is 2.51. The number of hydrogen-bond acceptors (Lipinski definition) is 4. The van der Waals surface area contributed by atoms with Crippen LogP contribution in [-0.4, -0.2) is 20.6 Å². The number of rotatable bonds is 4. The van der Waals surface area contributed by atoms with Gasteiger partial charge in [-0.3, -0.25) is 9.59 Å². The first-order chi connectivity index (χ1) is 9.08. The Morgan fingerprint density at radius 3 is 2.89 bits per heavy atom. The van der Waals surface area contributed by atoms with Gasteiger partial charge in [0.25, 0.3) is 5.88 Å². The molecule has 0 aliphatic heterocycles. The van der Waals surface area contributed by atoms with Crippen molar-refractivity contribution in [3.63, 3.8) is 0 Å². The molecule has 1 heterocycles. The van der Waals surface area contributed by atoms with E-state index in [0.717, 1.165) is 0 Å². The van der Waals surface area contributed by atoms with Crippen molar-refractivity contribution in [2.75, 3.05) is 0 Å². The first kappa shape index (κ1) is 12.8. The number of aromatic nitrogens is 2. The average molecular weight is 260 g/mol. The van der Waals surface area contributed by atoms with Crippen LogP contribution in [0, 0.1) is 0 Å². The van der Waals surface area contributed by atoms with E-state index in [0.29, 0.717) is 11.3 Å². The van der Waals surface area contributed by atoms with Crippen LogP contribution in [0.15, 0.2) is 41.5 Å². The molecule has 1 aromatic carbocycles. The first-order valence-electron chi connectivity index (χ1n) is 5.57. The van der Waals surface area contributed by atoms with Gasteiger partial charge in [-0.05, 0) is 6.07 Å². The van der Waals surface area contributed by atoms with Gasteiger partial charge in [-0.15, -0.1) is 0 Å². The van der Waals surface area contributed by atoms with Gasteiger partial charge < -0.3 is 14.4 Å². The van der Waals surface area contributed by atoms with Gasteiger partial charge >= 0.3 is 11.5 Å². The summed E-state index contributed by atoms with van der Waals surface area (Å²) < 4.78 is 6.75. The second-order valence-corrected chi connectivity index (χ2v) is 3.93. The molecular weight excluding hydrogens is 248 g/mol. The van der Waals surface area contributed by atoms with E-state index in [1.807, 2.05) is 0 Å². The van der Waals surface area contributed by atoms with Crippen LogP contribution in [0.3, 0.4) is 0 Å². The summed E-state index contributed by atoms with van der Waals surface area (Å²) in [5.74, 6) is -0.728. The Hall–Kier alpha value is -2.63. The minimum Gasteiger partial charge on any atom is -0.481 e. The zero-order valence-corrected chi connectivity index (χ0v) is 10.2. The van der Waals surface area contributed by atoms with E-state index in [9.17, 15) is 9.59 Å². The lowest BCUT2D eigenvalue weighted by Gasteiger charge is -2.08. The Kier molecular flexibility index (Phi) is 3.61. The van der Waals surface area contributed by atoms with Crippen LogP contribution in [0.4, 0.5) is 0 Å². The quantitative estimate of drug-likeness (QED) is 0.893. The molecule has 0 radical (unpaired) electrons. The largest absolute Gasteiger partial charge is 0.481 e. The summed E-state index contributed by atoms with van der Waals surface area (Å²) in [6.45, 7) is 0. The van der Waals surface area contributed by atoms with Crippen molar-refractivity contribution >= 4 is 5.97 Å². The molecule has 2 aromatic rings. The predicted molar refractivity (Wildman–Crippen MR) is 67.3 cm³/mol. The number of carboxylic acid groups (broad SMARTS) is 1. The van der Waals surface area contributed by atoms with Crippen LogP contribution >= 0.6 is 0 Å². The number of aryl methyl sites for hydroxylation is 1. The Balaban J connectivity index is 2.36. The third kappa shape index (κ3) is 2.98. The summed E-state index contributed by atoms with van der Waals surface area (Å²) in [4.78, 5) is 26.4. The maximum atomic E-state index is 11.8. The minimum absolute atomic E-state index is 0.0807. The van der Waals surface area contributed by atoms with Gasteiger partial charge in [-0.2, -0.15) is 0 Å². The van der Waals surface area contributed by atoms with Gasteiger partial charge in [0.05, 0.1) is 6.42 Å². The Bertz CT molecular complexity index is 664. The molecule has 1 N–H and O–H groups in total. The molecule has 6 nitrogen and oxygen atoms in total. The average Bonchev–Trinajstić information content (AvgIpc) is 2.36. The molecule has 0 aliphatic rings. The maximum absolute atomic E-state index is 11.8. The molecule has 6 heteroatoms. The van der Waals surface area contributed by atoms with E-state index in [1.54, 1.807) is 31.3 Å². The van der Waals surface area contributed by atoms with Gasteiger partial charge in [0, 0.05) is 25.0 Å². The molecule has 1 aromatic heterocycles. The Morgan fingerprint density at radius 2 is 2.16 bits per heavy atom. The van der Waals surface area contributed by atoms with Gasteiger partial charge in [0.1, 0.15) is 5.75 Å². The molecule has 2 rings (SSSR count). The number of ether oxygens (including phenoxy) is 1. The summed E-state index contributed by atoms with van der Waals surface area (Å²) in [5, 5.41) is 8.82. The lowest BCUT2D eigenvalue weighted by atomic mass is 10.1. The number of aliphatic carboxylic acids is 1. The van der Waals surface area contributed by atoms with Crippen LogP contribution < -0.4 is 10.3 Å². The van der Waals surface area contributed by atoms with E-state index in [-0.39, 0.29) is 17.9 Å². The molecule has 98 valence electrons. The highest BCUT2D eigenvalue weighted by molar-refractivity contribution is 5.71. The first-order valence-corrected chi connectivity index (χ1v) is 5.57. The molecule has 0 aliphatic carbocycles. The van der Waals surface area contributed by atoms with Crippen molar-refractivity contribution in [1.29, 1.82) is 0 Å². The third-order valence-electron chi connectivity index (χ3n) is 2.51. The second kappa shape index (κ2) is 5.34. The van der Waals surface area contributed by atoms with E-state index < -0.39 is 5.97 Å². The molecule has 0 fully saturated rings. The van der Waals surface area contributed by atoms with E-state index >= 15 is 0 Å². The number of para-hydroxylation sites is 1. The van der Waals surface area contributed by atoms with Crippen molar-refractivity contribution in [1.82, 2.24) is 9.55 Å². The van der Waals surface area contributed by atoms with E-state index in [2.05, 4.69) is 4.98 Å². The van der Waals surface area contributed by atoms with Gasteiger partial charge in [0.2, 0.25) is 0 Å². The molecule has 0 bridgehead atoms. The molecule has 0 saturated heterocycles. The number of nitrogens with zero attached hydrogens (tertiary/aromatic N) is 2. The van der Waals surface area contributed by atoms with E-state index in [4.69, 9.17) is 9.84 Å². The molecule has 0 atom stereocenters. The van der Waals surface area contributed by atoms with Gasteiger partial charge in [0.15, 0.2) is 0 Å². The molecular formula is C13H12N2O4. The fourth-order valence-corrected chi connectivity index (χ4v) is 1.56. The molecule has 0 unspecified atom stereocenters.